The largest absolute Gasteiger partial charge is 0.491 e. The average molecular weight is 425 g/mol. The van der Waals surface area contributed by atoms with Gasteiger partial charge in [0.1, 0.15) is 0 Å². The summed E-state index contributed by atoms with van der Waals surface area (Å²) >= 11 is 0. The molecule has 3 aromatic rings. The van der Waals surface area contributed by atoms with Gasteiger partial charge in [-0.1, -0.05) is 18.1 Å². The van der Waals surface area contributed by atoms with Crippen LogP contribution in [0.1, 0.15) is 40.0 Å². The molecule has 1 aromatic carbocycles. The highest BCUT2D eigenvalue weighted by Gasteiger charge is 2.43. The molecule has 6 nitrogen and oxygen atoms in total. The molecule has 0 unspecified atom stereocenters. The number of methoxy groups -OCH3 is 2. The van der Waals surface area contributed by atoms with Crippen molar-refractivity contribution in [2.45, 2.75) is 31.7 Å². The second-order valence-electron chi connectivity index (χ2n) is 8.25. The van der Waals surface area contributed by atoms with Crippen LogP contribution in [0.5, 0.6) is 11.6 Å². The lowest BCUT2D eigenvalue weighted by Crippen LogP contribution is -2.23. The number of carbonyl (C=O) groups is 1. The van der Waals surface area contributed by atoms with Crippen LogP contribution in [0.15, 0.2) is 42.6 Å². The summed E-state index contributed by atoms with van der Waals surface area (Å²) in [6.45, 7) is 2.35. The molecule has 32 heavy (non-hydrogen) atoms. The Morgan fingerprint density at radius 2 is 1.97 bits per heavy atom. The molecule has 0 spiro atoms. The second-order valence-corrected chi connectivity index (χ2v) is 8.25. The van der Waals surface area contributed by atoms with Crippen molar-refractivity contribution in [3.63, 3.8) is 0 Å². The molecule has 160 valence electrons. The van der Waals surface area contributed by atoms with Gasteiger partial charge in [0.25, 0.3) is 11.8 Å². The summed E-state index contributed by atoms with van der Waals surface area (Å²) in [6.07, 6.45) is 9.45. The van der Waals surface area contributed by atoms with Crippen molar-refractivity contribution in [2.24, 2.45) is 0 Å². The van der Waals surface area contributed by atoms with E-state index in [-0.39, 0.29) is 11.3 Å². The summed E-state index contributed by atoms with van der Waals surface area (Å²) < 4.78 is 10.6. The van der Waals surface area contributed by atoms with Crippen molar-refractivity contribution in [3.8, 4) is 35.2 Å². The molecular formula is C26H23N3O3. The molecule has 2 aliphatic rings. The van der Waals surface area contributed by atoms with Gasteiger partial charge in [0.15, 0.2) is 5.75 Å². The molecule has 0 N–H and O–H groups in total. The minimum Gasteiger partial charge on any atom is -0.491 e. The van der Waals surface area contributed by atoms with Crippen LogP contribution in [0.4, 0.5) is 5.69 Å². The zero-order valence-electron chi connectivity index (χ0n) is 18.3. The number of hydrogen-bond acceptors (Lipinski definition) is 5. The van der Waals surface area contributed by atoms with E-state index < -0.39 is 0 Å². The number of benzene rings is 1. The normalized spacial score (nSPS) is 15.8. The van der Waals surface area contributed by atoms with Crippen molar-refractivity contribution in [2.75, 3.05) is 19.1 Å². The number of rotatable bonds is 5. The predicted molar refractivity (Wildman–Crippen MR) is 122 cm³/mol. The van der Waals surface area contributed by atoms with Crippen LogP contribution < -0.4 is 14.4 Å². The van der Waals surface area contributed by atoms with E-state index in [0.29, 0.717) is 23.7 Å². The molecule has 1 aliphatic heterocycles. The number of carbonyl (C=O) groups excluding carboxylic acids is 1. The van der Waals surface area contributed by atoms with Crippen LogP contribution in [0.2, 0.25) is 0 Å². The number of aromatic nitrogens is 2. The number of pyridine rings is 2. The summed E-state index contributed by atoms with van der Waals surface area (Å²) in [4.78, 5) is 24.2. The van der Waals surface area contributed by atoms with Crippen LogP contribution in [0, 0.1) is 19.3 Å². The molecule has 1 amide bonds. The molecule has 2 aromatic heterocycles. The van der Waals surface area contributed by atoms with E-state index >= 15 is 0 Å². The lowest BCUT2D eigenvalue weighted by atomic mass is 9.96. The highest BCUT2D eigenvalue weighted by Crippen LogP contribution is 2.48. The third kappa shape index (κ3) is 3.09. The monoisotopic (exact) mass is 425 g/mol. The standard InChI is InChI=1S/C26H23N3O3/c1-5-26(9-10-26)18-7-6-8-19(13-18)29-15-21-23(25(29)30)16(2)11-20(28-21)17-12-22(31-3)24(32-4)27-14-17/h1,6-8,11-14H,9-10,15H2,2-4H3. The number of hydrogen-bond donors (Lipinski definition) is 0. The summed E-state index contributed by atoms with van der Waals surface area (Å²) in [5.74, 6) is 3.83. The van der Waals surface area contributed by atoms with E-state index in [1.54, 1.807) is 25.3 Å². The molecule has 0 bridgehead atoms. The van der Waals surface area contributed by atoms with Crippen molar-refractivity contribution in [1.82, 2.24) is 9.97 Å². The molecule has 1 aliphatic carbocycles. The van der Waals surface area contributed by atoms with Gasteiger partial charge in [-0.3, -0.25) is 9.78 Å². The Kier molecular flexibility index (Phi) is 4.63. The van der Waals surface area contributed by atoms with Crippen molar-refractivity contribution >= 4 is 11.6 Å². The number of amides is 1. The minimum absolute atomic E-state index is 0.0373. The molecule has 1 fully saturated rings. The number of anilines is 1. The van der Waals surface area contributed by atoms with E-state index in [9.17, 15) is 4.79 Å². The van der Waals surface area contributed by atoms with Gasteiger partial charge in [-0.15, -0.1) is 6.42 Å². The van der Waals surface area contributed by atoms with Crippen LogP contribution in [-0.4, -0.2) is 30.1 Å². The average Bonchev–Trinajstić information content (AvgIpc) is 3.56. The molecule has 1 saturated carbocycles. The zero-order chi connectivity index (χ0) is 22.5. The Morgan fingerprint density at radius 1 is 1.16 bits per heavy atom. The van der Waals surface area contributed by atoms with Gasteiger partial charge in [-0.2, -0.15) is 0 Å². The van der Waals surface area contributed by atoms with Crippen molar-refractivity contribution in [3.05, 3.63) is 65.0 Å². The van der Waals surface area contributed by atoms with E-state index in [0.717, 1.165) is 46.6 Å². The Labute approximate surface area is 187 Å². The third-order valence-electron chi connectivity index (χ3n) is 6.32. The SMILES string of the molecule is C#CC1(c2cccc(N3Cc4nc(-c5cnc(OC)c(OC)c5)cc(C)c4C3=O)c2)CC1. The fourth-order valence-corrected chi connectivity index (χ4v) is 4.34. The highest BCUT2D eigenvalue weighted by molar-refractivity contribution is 6.10. The number of ether oxygens (including phenoxy) is 2. The number of fused-ring (bicyclic) bond motifs is 1. The van der Waals surface area contributed by atoms with Gasteiger partial charge in [0.05, 0.1) is 43.1 Å². The maximum atomic E-state index is 13.3. The fourth-order valence-electron chi connectivity index (χ4n) is 4.34. The summed E-state index contributed by atoms with van der Waals surface area (Å²) in [5, 5.41) is 0. The van der Waals surface area contributed by atoms with Crippen molar-refractivity contribution in [1.29, 1.82) is 0 Å². The molecule has 0 atom stereocenters. The highest BCUT2D eigenvalue weighted by atomic mass is 16.5. The lowest BCUT2D eigenvalue weighted by molar-refractivity contribution is 0.0996. The summed E-state index contributed by atoms with van der Waals surface area (Å²) in [5.41, 5.74) is 5.60. The van der Waals surface area contributed by atoms with Gasteiger partial charge in [-0.05, 0) is 55.2 Å². The maximum absolute atomic E-state index is 13.3. The van der Waals surface area contributed by atoms with Crippen LogP contribution in [0.25, 0.3) is 11.3 Å². The van der Waals surface area contributed by atoms with Crippen LogP contribution in [-0.2, 0) is 12.0 Å². The number of nitrogens with zero attached hydrogens (tertiary/aromatic N) is 3. The van der Waals surface area contributed by atoms with Gasteiger partial charge < -0.3 is 14.4 Å². The molecule has 3 heterocycles. The first-order valence-electron chi connectivity index (χ1n) is 10.5. The zero-order valence-corrected chi connectivity index (χ0v) is 18.3. The second kappa shape index (κ2) is 7.38. The number of terminal acetylenes is 1. The first-order chi connectivity index (χ1) is 15.5. The van der Waals surface area contributed by atoms with Crippen LogP contribution in [0.3, 0.4) is 0 Å². The third-order valence-corrected chi connectivity index (χ3v) is 6.32. The Balaban J connectivity index is 1.51. The Hall–Kier alpha value is -3.85. The van der Waals surface area contributed by atoms with Crippen molar-refractivity contribution < 1.29 is 14.3 Å². The van der Waals surface area contributed by atoms with Gasteiger partial charge in [0, 0.05) is 17.4 Å². The topological polar surface area (TPSA) is 64.6 Å². The Bertz CT molecular complexity index is 1290. The van der Waals surface area contributed by atoms with E-state index in [1.165, 1.54) is 0 Å². The molecule has 0 saturated heterocycles. The quantitative estimate of drug-likeness (QED) is 0.571. The van der Waals surface area contributed by atoms with E-state index in [2.05, 4.69) is 17.0 Å². The molecule has 0 radical (unpaired) electrons. The van der Waals surface area contributed by atoms with Gasteiger partial charge in [0.2, 0.25) is 0 Å². The van der Waals surface area contributed by atoms with Gasteiger partial charge >= 0.3 is 0 Å². The summed E-state index contributed by atoms with van der Waals surface area (Å²) in [6, 6.07) is 11.8. The first-order valence-corrected chi connectivity index (χ1v) is 10.5. The van der Waals surface area contributed by atoms with E-state index in [4.69, 9.17) is 20.9 Å². The van der Waals surface area contributed by atoms with Crippen LogP contribution >= 0.6 is 0 Å². The van der Waals surface area contributed by atoms with E-state index in [1.807, 2.05) is 37.3 Å². The molecule has 6 heteroatoms. The molecule has 5 rings (SSSR count). The van der Waals surface area contributed by atoms with Gasteiger partial charge in [-0.25, -0.2) is 4.98 Å². The lowest BCUT2D eigenvalue weighted by Gasteiger charge is -2.18. The Morgan fingerprint density at radius 3 is 2.66 bits per heavy atom. The minimum atomic E-state index is -0.173. The fraction of sp³-hybridized carbons (Fsp3) is 0.269. The summed E-state index contributed by atoms with van der Waals surface area (Å²) in [7, 11) is 3.12. The predicted octanol–water partition coefficient (Wildman–Crippen LogP) is 4.29. The number of aryl methyl sites for hydroxylation is 1. The first kappa shape index (κ1) is 20.1. The smallest absolute Gasteiger partial charge is 0.260 e. The maximum Gasteiger partial charge on any atom is 0.260 e. The molecular weight excluding hydrogens is 402 g/mol.